The number of amides is 2. The topological polar surface area (TPSA) is 101 Å². The van der Waals surface area contributed by atoms with Crippen molar-refractivity contribution < 1.29 is 19.4 Å². The molecule has 1 heterocycles. The van der Waals surface area contributed by atoms with E-state index in [4.69, 9.17) is 9.84 Å². The second-order valence-corrected chi connectivity index (χ2v) is 4.21. The number of carbonyl (C=O) groups excluding carboxylic acids is 1. The number of hydrogen-bond donors (Lipinski definition) is 3. The lowest BCUT2D eigenvalue weighted by Gasteiger charge is -2.14. The Morgan fingerprint density at radius 1 is 1.50 bits per heavy atom. The zero-order chi connectivity index (χ0) is 15.0. The number of nitrogens with one attached hydrogen (secondary N) is 2. The number of carboxylic acid groups (broad SMARTS) is 1. The molecule has 0 aliphatic carbocycles. The number of ether oxygens (including phenoxy) is 1. The molecule has 1 aromatic heterocycles. The van der Waals surface area contributed by atoms with E-state index in [0.29, 0.717) is 18.7 Å². The summed E-state index contributed by atoms with van der Waals surface area (Å²) >= 11 is 0. The largest absolute Gasteiger partial charge is 0.481 e. The number of rotatable bonds is 7. The molecule has 110 valence electrons. The second kappa shape index (κ2) is 7.98. The Balaban J connectivity index is 2.47. The Hall–Kier alpha value is -2.31. The number of methoxy groups -OCH3 is 1. The van der Waals surface area contributed by atoms with Gasteiger partial charge in [0.25, 0.3) is 0 Å². The maximum Gasteiger partial charge on any atom is 0.326 e. The molecule has 0 unspecified atom stereocenters. The van der Waals surface area contributed by atoms with Gasteiger partial charge in [-0.3, -0.25) is 0 Å². The van der Waals surface area contributed by atoms with Gasteiger partial charge in [0.2, 0.25) is 5.88 Å². The average Bonchev–Trinajstić information content (AvgIpc) is 2.44. The van der Waals surface area contributed by atoms with Gasteiger partial charge in [-0.15, -0.1) is 0 Å². The van der Waals surface area contributed by atoms with Crippen LogP contribution in [0.15, 0.2) is 18.3 Å². The molecule has 0 bridgehead atoms. The van der Waals surface area contributed by atoms with E-state index in [9.17, 15) is 9.59 Å². The van der Waals surface area contributed by atoms with Gasteiger partial charge in [0.05, 0.1) is 7.11 Å². The number of aliphatic carboxylic acids is 1. The maximum absolute atomic E-state index is 11.6. The minimum Gasteiger partial charge on any atom is -0.481 e. The van der Waals surface area contributed by atoms with E-state index in [-0.39, 0.29) is 6.54 Å². The van der Waals surface area contributed by atoms with E-state index < -0.39 is 18.0 Å². The van der Waals surface area contributed by atoms with Crippen LogP contribution >= 0.6 is 0 Å². The molecular weight excluding hydrogens is 262 g/mol. The van der Waals surface area contributed by atoms with Crippen molar-refractivity contribution in [2.24, 2.45) is 0 Å². The molecule has 0 radical (unpaired) electrons. The van der Waals surface area contributed by atoms with Crippen LogP contribution in [-0.4, -0.2) is 35.2 Å². The lowest BCUT2D eigenvalue weighted by atomic mass is 10.2. The van der Waals surface area contributed by atoms with Gasteiger partial charge in [-0.2, -0.15) is 0 Å². The molecule has 0 fully saturated rings. The standard InChI is InChI=1S/C13H19N3O4/c1-3-4-10(12(17)18)16-13(19)15-8-9-5-6-14-11(7-9)20-2/h5-7,10H,3-4,8H2,1-2H3,(H,17,18)(H2,15,16,19)/t10-/m1/s1. The van der Waals surface area contributed by atoms with E-state index in [1.54, 1.807) is 18.3 Å². The molecule has 0 saturated heterocycles. The number of aromatic nitrogens is 1. The van der Waals surface area contributed by atoms with E-state index in [2.05, 4.69) is 15.6 Å². The Kier molecular flexibility index (Phi) is 6.28. The third kappa shape index (κ3) is 5.13. The Morgan fingerprint density at radius 2 is 2.25 bits per heavy atom. The van der Waals surface area contributed by atoms with Crippen LogP contribution in [-0.2, 0) is 11.3 Å². The van der Waals surface area contributed by atoms with Crippen LogP contribution in [0, 0.1) is 0 Å². The van der Waals surface area contributed by atoms with Gasteiger partial charge in [-0.25, -0.2) is 14.6 Å². The number of nitrogens with zero attached hydrogens (tertiary/aromatic N) is 1. The van der Waals surface area contributed by atoms with Crippen LogP contribution in [0.2, 0.25) is 0 Å². The SMILES string of the molecule is CCC[C@@H](NC(=O)NCc1ccnc(OC)c1)C(=O)O. The summed E-state index contributed by atoms with van der Waals surface area (Å²) in [7, 11) is 1.51. The van der Waals surface area contributed by atoms with Crippen LogP contribution < -0.4 is 15.4 Å². The summed E-state index contributed by atoms with van der Waals surface area (Å²) in [5.74, 6) is -0.577. The quantitative estimate of drug-likeness (QED) is 0.696. The Morgan fingerprint density at radius 3 is 2.85 bits per heavy atom. The highest BCUT2D eigenvalue weighted by atomic mass is 16.5. The van der Waals surface area contributed by atoms with Crippen LogP contribution in [0.4, 0.5) is 4.79 Å². The third-order valence-corrected chi connectivity index (χ3v) is 2.64. The lowest BCUT2D eigenvalue weighted by Crippen LogP contribution is -2.45. The molecule has 20 heavy (non-hydrogen) atoms. The highest BCUT2D eigenvalue weighted by Crippen LogP contribution is 2.07. The van der Waals surface area contributed by atoms with Crippen molar-refractivity contribution in [2.45, 2.75) is 32.4 Å². The average molecular weight is 281 g/mol. The number of urea groups is 1. The molecule has 0 saturated carbocycles. The highest BCUT2D eigenvalue weighted by Gasteiger charge is 2.18. The minimum absolute atomic E-state index is 0.267. The number of carboxylic acids is 1. The van der Waals surface area contributed by atoms with Crippen LogP contribution in [0.25, 0.3) is 0 Å². The first-order valence-electron chi connectivity index (χ1n) is 6.33. The van der Waals surface area contributed by atoms with Crippen molar-refractivity contribution in [1.82, 2.24) is 15.6 Å². The zero-order valence-electron chi connectivity index (χ0n) is 11.5. The minimum atomic E-state index is -1.03. The van der Waals surface area contributed by atoms with Gasteiger partial charge < -0.3 is 20.5 Å². The number of carbonyl (C=O) groups is 2. The molecular formula is C13H19N3O4. The Bertz CT molecular complexity index is 465. The van der Waals surface area contributed by atoms with Crippen molar-refractivity contribution in [1.29, 1.82) is 0 Å². The molecule has 3 N–H and O–H groups in total. The summed E-state index contributed by atoms with van der Waals surface area (Å²) in [6.45, 7) is 2.13. The van der Waals surface area contributed by atoms with Crippen LogP contribution in [0.3, 0.4) is 0 Å². The van der Waals surface area contributed by atoms with Crippen molar-refractivity contribution in [3.8, 4) is 5.88 Å². The highest BCUT2D eigenvalue weighted by molar-refractivity contribution is 5.82. The molecule has 1 rings (SSSR count). The predicted molar refractivity (Wildman–Crippen MR) is 72.5 cm³/mol. The van der Waals surface area contributed by atoms with E-state index >= 15 is 0 Å². The predicted octanol–water partition coefficient (Wildman–Crippen LogP) is 1.14. The third-order valence-electron chi connectivity index (χ3n) is 2.64. The molecule has 0 aliphatic heterocycles. The van der Waals surface area contributed by atoms with E-state index in [1.807, 2.05) is 6.92 Å². The summed E-state index contributed by atoms with van der Waals surface area (Å²) in [6.07, 6.45) is 2.65. The Labute approximate surface area is 117 Å². The maximum atomic E-state index is 11.6. The second-order valence-electron chi connectivity index (χ2n) is 4.21. The smallest absolute Gasteiger partial charge is 0.326 e. The molecule has 1 atom stereocenters. The van der Waals surface area contributed by atoms with Crippen molar-refractivity contribution in [3.63, 3.8) is 0 Å². The molecule has 1 aromatic rings. The summed E-state index contributed by atoms with van der Waals surface area (Å²) in [4.78, 5) is 26.5. The van der Waals surface area contributed by atoms with Crippen molar-refractivity contribution >= 4 is 12.0 Å². The lowest BCUT2D eigenvalue weighted by molar-refractivity contribution is -0.139. The molecule has 7 heteroatoms. The zero-order valence-corrected chi connectivity index (χ0v) is 11.5. The number of hydrogen-bond acceptors (Lipinski definition) is 4. The molecule has 0 aliphatic rings. The fraction of sp³-hybridized carbons (Fsp3) is 0.462. The number of pyridine rings is 1. The molecule has 0 spiro atoms. The summed E-state index contributed by atoms with van der Waals surface area (Å²) in [5.41, 5.74) is 0.814. The van der Waals surface area contributed by atoms with Gasteiger partial charge in [0.15, 0.2) is 0 Å². The monoisotopic (exact) mass is 281 g/mol. The fourth-order valence-corrected chi connectivity index (χ4v) is 1.61. The molecule has 7 nitrogen and oxygen atoms in total. The van der Waals surface area contributed by atoms with Gasteiger partial charge in [-0.1, -0.05) is 13.3 Å². The molecule has 2 amide bonds. The van der Waals surface area contributed by atoms with E-state index in [0.717, 1.165) is 5.56 Å². The summed E-state index contributed by atoms with van der Waals surface area (Å²) in [5, 5.41) is 14.0. The molecule has 0 aromatic carbocycles. The van der Waals surface area contributed by atoms with Gasteiger partial charge >= 0.3 is 12.0 Å². The van der Waals surface area contributed by atoms with Crippen LogP contribution in [0.1, 0.15) is 25.3 Å². The first-order valence-corrected chi connectivity index (χ1v) is 6.33. The summed E-state index contributed by atoms with van der Waals surface area (Å²) in [6, 6.07) is 2.05. The normalized spacial score (nSPS) is 11.5. The summed E-state index contributed by atoms with van der Waals surface area (Å²) < 4.78 is 4.97. The van der Waals surface area contributed by atoms with Crippen molar-refractivity contribution in [2.75, 3.05) is 7.11 Å². The fourth-order valence-electron chi connectivity index (χ4n) is 1.61. The van der Waals surface area contributed by atoms with Crippen LogP contribution in [0.5, 0.6) is 5.88 Å². The van der Waals surface area contributed by atoms with Gasteiger partial charge in [0, 0.05) is 18.8 Å². The van der Waals surface area contributed by atoms with Gasteiger partial charge in [-0.05, 0) is 18.1 Å². The van der Waals surface area contributed by atoms with Crippen molar-refractivity contribution in [3.05, 3.63) is 23.9 Å². The first kappa shape index (κ1) is 15.7. The van der Waals surface area contributed by atoms with Gasteiger partial charge in [0.1, 0.15) is 6.04 Å². The first-order chi connectivity index (χ1) is 9.56. The van der Waals surface area contributed by atoms with E-state index in [1.165, 1.54) is 7.11 Å².